The van der Waals surface area contributed by atoms with Crippen molar-refractivity contribution in [2.75, 3.05) is 6.54 Å². The molecular formula is C17H27N3O. The Labute approximate surface area is 127 Å². The van der Waals surface area contributed by atoms with Gasteiger partial charge in [0, 0.05) is 36.7 Å². The van der Waals surface area contributed by atoms with Crippen LogP contribution >= 0.6 is 0 Å². The van der Waals surface area contributed by atoms with Crippen LogP contribution in [-0.4, -0.2) is 16.3 Å². The molecule has 116 valence electrons. The zero-order chi connectivity index (χ0) is 15.2. The Hall–Kier alpha value is -1.55. The number of nitrogens with one attached hydrogen (secondary N) is 1. The molecule has 0 fully saturated rings. The third-order valence-corrected chi connectivity index (χ3v) is 4.05. The molecule has 0 radical (unpaired) electrons. The Morgan fingerprint density at radius 1 is 1.29 bits per heavy atom. The molecule has 4 heteroatoms. The summed E-state index contributed by atoms with van der Waals surface area (Å²) < 4.78 is 7.64. The average Bonchev–Trinajstić information content (AvgIpc) is 3.14. The van der Waals surface area contributed by atoms with Crippen molar-refractivity contribution in [1.29, 1.82) is 0 Å². The zero-order valence-corrected chi connectivity index (χ0v) is 13.6. The lowest BCUT2D eigenvalue weighted by Gasteiger charge is -2.17. The van der Waals surface area contributed by atoms with E-state index < -0.39 is 0 Å². The molecular weight excluding hydrogens is 262 g/mol. The molecule has 21 heavy (non-hydrogen) atoms. The van der Waals surface area contributed by atoms with Crippen LogP contribution in [0.2, 0.25) is 0 Å². The molecule has 0 aliphatic carbocycles. The summed E-state index contributed by atoms with van der Waals surface area (Å²) in [5.41, 5.74) is 2.39. The van der Waals surface area contributed by atoms with Crippen LogP contribution < -0.4 is 5.32 Å². The maximum absolute atomic E-state index is 5.57. The minimum Gasteiger partial charge on any atom is -0.469 e. The second kappa shape index (κ2) is 7.46. The van der Waals surface area contributed by atoms with E-state index in [9.17, 15) is 0 Å². The van der Waals surface area contributed by atoms with Crippen molar-refractivity contribution in [3.63, 3.8) is 0 Å². The van der Waals surface area contributed by atoms with E-state index in [1.807, 2.05) is 0 Å². The van der Waals surface area contributed by atoms with Gasteiger partial charge in [-0.25, -0.2) is 0 Å². The highest BCUT2D eigenvalue weighted by Crippen LogP contribution is 2.23. The Balaban J connectivity index is 2.14. The Kier molecular flexibility index (Phi) is 5.62. The number of furan rings is 1. The number of likely N-dealkylation sites (N-methyl/N-ethyl adjacent to an activating group) is 1. The van der Waals surface area contributed by atoms with Crippen LogP contribution in [0.15, 0.2) is 29.0 Å². The molecule has 4 nitrogen and oxygen atoms in total. The fraction of sp³-hybridized carbons (Fsp3) is 0.588. The minimum absolute atomic E-state index is 0.268. The number of hydrogen-bond donors (Lipinski definition) is 1. The predicted molar refractivity (Wildman–Crippen MR) is 85.4 cm³/mol. The maximum Gasteiger partial charge on any atom is 0.108 e. The summed E-state index contributed by atoms with van der Waals surface area (Å²) in [6.07, 6.45) is 6.79. The van der Waals surface area contributed by atoms with E-state index >= 15 is 0 Å². The monoisotopic (exact) mass is 289 g/mol. The summed E-state index contributed by atoms with van der Waals surface area (Å²) in [5, 5.41) is 8.27. The van der Waals surface area contributed by atoms with Crippen molar-refractivity contribution in [2.45, 2.75) is 59.0 Å². The number of hydrogen-bond acceptors (Lipinski definition) is 3. The first-order chi connectivity index (χ1) is 10.2. The van der Waals surface area contributed by atoms with Crippen molar-refractivity contribution in [3.8, 4) is 0 Å². The standard InChI is InChI=1S/C17H27N3O/c1-5-13(4)20-10-8-14(19-20)12-16(18-7-3)15-9-11-21-17(15)6-2/h8-11,13,16,18H,5-7,12H2,1-4H3. The van der Waals surface area contributed by atoms with Gasteiger partial charge in [0.15, 0.2) is 0 Å². The molecule has 2 rings (SSSR count). The fourth-order valence-electron chi connectivity index (χ4n) is 2.61. The predicted octanol–water partition coefficient (Wildman–Crippen LogP) is 3.90. The summed E-state index contributed by atoms with van der Waals surface area (Å²) in [6, 6.07) is 4.93. The minimum atomic E-state index is 0.268. The van der Waals surface area contributed by atoms with Crippen molar-refractivity contribution in [3.05, 3.63) is 41.6 Å². The molecule has 0 aliphatic rings. The molecule has 2 atom stereocenters. The third-order valence-electron chi connectivity index (χ3n) is 4.05. The van der Waals surface area contributed by atoms with Crippen molar-refractivity contribution >= 4 is 0 Å². The van der Waals surface area contributed by atoms with E-state index in [0.717, 1.165) is 37.3 Å². The summed E-state index contributed by atoms with van der Waals surface area (Å²) in [4.78, 5) is 0. The maximum atomic E-state index is 5.57. The molecule has 2 unspecified atom stereocenters. The van der Waals surface area contributed by atoms with Crippen molar-refractivity contribution < 1.29 is 4.42 Å². The lowest BCUT2D eigenvalue weighted by atomic mass is 10.0. The topological polar surface area (TPSA) is 43.0 Å². The lowest BCUT2D eigenvalue weighted by Crippen LogP contribution is -2.23. The van der Waals surface area contributed by atoms with Gasteiger partial charge in [-0.1, -0.05) is 20.8 Å². The third kappa shape index (κ3) is 3.76. The first-order valence-corrected chi connectivity index (χ1v) is 8.03. The smallest absolute Gasteiger partial charge is 0.108 e. The fourth-order valence-corrected chi connectivity index (χ4v) is 2.61. The second-order valence-electron chi connectivity index (χ2n) is 5.51. The molecule has 0 saturated heterocycles. The zero-order valence-electron chi connectivity index (χ0n) is 13.6. The van der Waals surface area contributed by atoms with Crippen LogP contribution in [-0.2, 0) is 12.8 Å². The Morgan fingerprint density at radius 2 is 2.10 bits per heavy atom. The van der Waals surface area contributed by atoms with E-state index in [2.05, 4.69) is 56.0 Å². The molecule has 2 heterocycles. The molecule has 0 aromatic carbocycles. The summed E-state index contributed by atoms with van der Waals surface area (Å²) >= 11 is 0. The quantitative estimate of drug-likeness (QED) is 0.801. The van der Waals surface area contributed by atoms with Gasteiger partial charge in [-0.05, 0) is 32.0 Å². The largest absolute Gasteiger partial charge is 0.469 e. The van der Waals surface area contributed by atoms with Gasteiger partial charge in [-0.2, -0.15) is 5.10 Å². The average molecular weight is 289 g/mol. The number of nitrogens with zero attached hydrogens (tertiary/aromatic N) is 2. The lowest BCUT2D eigenvalue weighted by molar-refractivity contribution is 0.462. The van der Waals surface area contributed by atoms with Crippen LogP contribution in [0.3, 0.4) is 0 Å². The van der Waals surface area contributed by atoms with Gasteiger partial charge in [0.1, 0.15) is 5.76 Å². The van der Waals surface area contributed by atoms with E-state index in [-0.39, 0.29) is 6.04 Å². The van der Waals surface area contributed by atoms with Crippen LogP contribution in [0.1, 0.15) is 63.2 Å². The van der Waals surface area contributed by atoms with Gasteiger partial charge >= 0.3 is 0 Å². The SMILES string of the molecule is CCNC(Cc1ccn(C(C)CC)n1)c1ccoc1CC. The van der Waals surface area contributed by atoms with Crippen LogP contribution in [0.4, 0.5) is 0 Å². The summed E-state index contributed by atoms with van der Waals surface area (Å²) in [5.74, 6) is 1.07. The van der Waals surface area contributed by atoms with Gasteiger partial charge < -0.3 is 9.73 Å². The van der Waals surface area contributed by atoms with Crippen molar-refractivity contribution in [2.24, 2.45) is 0 Å². The number of aromatic nitrogens is 2. The van der Waals surface area contributed by atoms with Gasteiger partial charge in [-0.3, -0.25) is 4.68 Å². The molecule has 0 spiro atoms. The van der Waals surface area contributed by atoms with E-state index in [1.165, 1.54) is 5.56 Å². The first-order valence-electron chi connectivity index (χ1n) is 8.03. The number of aryl methyl sites for hydroxylation is 1. The van der Waals surface area contributed by atoms with Crippen molar-refractivity contribution in [1.82, 2.24) is 15.1 Å². The number of rotatable bonds is 8. The summed E-state index contributed by atoms with van der Waals surface area (Å²) in [7, 11) is 0. The van der Waals surface area contributed by atoms with E-state index in [4.69, 9.17) is 9.52 Å². The van der Waals surface area contributed by atoms with Gasteiger partial charge in [0.25, 0.3) is 0 Å². The Morgan fingerprint density at radius 3 is 2.76 bits per heavy atom. The van der Waals surface area contributed by atoms with E-state index in [1.54, 1.807) is 6.26 Å². The van der Waals surface area contributed by atoms with E-state index in [0.29, 0.717) is 6.04 Å². The molecule has 0 saturated carbocycles. The molecule has 0 bridgehead atoms. The first kappa shape index (κ1) is 15.8. The molecule has 2 aromatic rings. The molecule has 2 aromatic heterocycles. The normalized spacial score (nSPS) is 14.3. The van der Waals surface area contributed by atoms with Crippen LogP contribution in [0.5, 0.6) is 0 Å². The summed E-state index contributed by atoms with van der Waals surface area (Å²) in [6.45, 7) is 9.58. The molecule has 0 amide bonds. The highest BCUT2D eigenvalue weighted by atomic mass is 16.3. The highest BCUT2D eigenvalue weighted by Gasteiger charge is 2.18. The highest BCUT2D eigenvalue weighted by molar-refractivity contribution is 5.23. The Bertz CT molecular complexity index is 544. The van der Waals surface area contributed by atoms with Gasteiger partial charge in [-0.15, -0.1) is 0 Å². The molecule has 1 N–H and O–H groups in total. The molecule has 0 aliphatic heterocycles. The van der Waals surface area contributed by atoms with Gasteiger partial charge in [0.05, 0.1) is 12.0 Å². The second-order valence-corrected chi connectivity index (χ2v) is 5.51. The van der Waals surface area contributed by atoms with Crippen LogP contribution in [0.25, 0.3) is 0 Å². The van der Waals surface area contributed by atoms with Gasteiger partial charge in [0.2, 0.25) is 0 Å². The van der Waals surface area contributed by atoms with Crippen LogP contribution in [0, 0.1) is 0 Å².